The smallest absolute Gasteiger partial charge is 0.251 e. The number of carbonyl (C=O) groups is 2. The summed E-state index contributed by atoms with van der Waals surface area (Å²) in [6, 6.07) is 19.6. The minimum Gasteiger partial charge on any atom is -0.493 e. The van der Waals surface area contributed by atoms with Crippen molar-refractivity contribution in [3.8, 4) is 11.5 Å². The molecular formula is C24H22N4O4. The minimum absolute atomic E-state index is 0.156. The van der Waals surface area contributed by atoms with E-state index in [1.54, 1.807) is 49.6 Å². The first-order valence-corrected chi connectivity index (χ1v) is 9.99. The van der Waals surface area contributed by atoms with Crippen LogP contribution in [0.4, 0.5) is 5.69 Å². The number of amides is 2. The van der Waals surface area contributed by atoms with Crippen LogP contribution < -0.4 is 20.1 Å². The monoisotopic (exact) mass is 430 g/mol. The van der Waals surface area contributed by atoms with Crippen molar-refractivity contribution in [2.75, 3.05) is 19.0 Å². The highest BCUT2D eigenvalue weighted by molar-refractivity contribution is 5.99. The number of anilines is 1. The number of aromatic nitrogens is 2. The van der Waals surface area contributed by atoms with Gasteiger partial charge in [0.05, 0.1) is 19.3 Å². The van der Waals surface area contributed by atoms with Gasteiger partial charge >= 0.3 is 0 Å². The molecule has 0 bridgehead atoms. The number of hydrogen-bond acceptors (Lipinski definition) is 5. The third-order valence-corrected chi connectivity index (χ3v) is 4.68. The molecule has 0 aliphatic carbocycles. The number of ether oxygens (including phenoxy) is 2. The average molecular weight is 430 g/mol. The number of methoxy groups -OCH3 is 1. The van der Waals surface area contributed by atoms with E-state index in [1.165, 1.54) is 0 Å². The summed E-state index contributed by atoms with van der Waals surface area (Å²) < 4.78 is 13.2. The van der Waals surface area contributed by atoms with Crippen LogP contribution in [0.3, 0.4) is 0 Å². The summed E-state index contributed by atoms with van der Waals surface area (Å²) in [5, 5.41) is 5.35. The fourth-order valence-corrected chi connectivity index (χ4v) is 3.13. The van der Waals surface area contributed by atoms with E-state index in [9.17, 15) is 9.59 Å². The van der Waals surface area contributed by atoms with Crippen molar-refractivity contribution in [3.05, 3.63) is 90.4 Å². The lowest BCUT2D eigenvalue weighted by Gasteiger charge is -2.12. The van der Waals surface area contributed by atoms with Crippen LogP contribution in [0.25, 0.3) is 5.65 Å². The van der Waals surface area contributed by atoms with E-state index < -0.39 is 0 Å². The van der Waals surface area contributed by atoms with Crippen LogP contribution in [-0.4, -0.2) is 34.9 Å². The van der Waals surface area contributed by atoms with Gasteiger partial charge in [-0.25, -0.2) is 4.98 Å². The van der Waals surface area contributed by atoms with Crippen LogP contribution in [0.2, 0.25) is 0 Å². The molecule has 8 nitrogen and oxygen atoms in total. The Labute approximate surface area is 184 Å². The normalized spacial score (nSPS) is 10.5. The molecule has 0 radical (unpaired) electrons. The lowest BCUT2D eigenvalue weighted by atomic mass is 10.2. The molecule has 2 N–H and O–H groups in total. The van der Waals surface area contributed by atoms with Gasteiger partial charge in [-0.2, -0.15) is 0 Å². The lowest BCUT2D eigenvalue weighted by Crippen LogP contribution is -2.32. The topological polar surface area (TPSA) is 94.0 Å². The largest absolute Gasteiger partial charge is 0.493 e. The van der Waals surface area contributed by atoms with Gasteiger partial charge in [-0.3, -0.25) is 9.59 Å². The molecule has 4 rings (SSSR count). The third kappa shape index (κ3) is 5.04. The van der Waals surface area contributed by atoms with Crippen molar-refractivity contribution < 1.29 is 19.1 Å². The molecule has 0 unspecified atom stereocenters. The summed E-state index contributed by atoms with van der Waals surface area (Å²) in [7, 11) is 1.55. The molecule has 2 amide bonds. The van der Waals surface area contributed by atoms with Crippen molar-refractivity contribution in [1.82, 2.24) is 14.7 Å². The Morgan fingerprint density at radius 3 is 2.59 bits per heavy atom. The van der Waals surface area contributed by atoms with E-state index in [0.717, 1.165) is 11.3 Å². The van der Waals surface area contributed by atoms with Gasteiger partial charge < -0.3 is 24.5 Å². The molecule has 4 aromatic rings. The van der Waals surface area contributed by atoms with Gasteiger partial charge in [0.2, 0.25) is 5.91 Å². The van der Waals surface area contributed by atoms with E-state index in [-0.39, 0.29) is 25.0 Å². The van der Waals surface area contributed by atoms with Gasteiger partial charge in [0.15, 0.2) is 11.5 Å². The number of rotatable bonds is 8. The molecule has 0 saturated carbocycles. The molecule has 2 heterocycles. The Kier molecular flexibility index (Phi) is 6.31. The molecule has 0 aliphatic rings. The molecular weight excluding hydrogens is 408 g/mol. The second-order valence-electron chi connectivity index (χ2n) is 6.95. The van der Waals surface area contributed by atoms with E-state index in [2.05, 4.69) is 15.6 Å². The summed E-state index contributed by atoms with van der Waals surface area (Å²) in [5.74, 6) is 0.331. The zero-order chi connectivity index (χ0) is 22.3. The van der Waals surface area contributed by atoms with E-state index in [0.29, 0.717) is 22.7 Å². The van der Waals surface area contributed by atoms with Crippen molar-refractivity contribution in [2.24, 2.45) is 0 Å². The minimum atomic E-state index is -0.356. The molecule has 8 heteroatoms. The highest BCUT2D eigenvalue weighted by Crippen LogP contribution is 2.31. The molecule has 2 aromatic carbocycles. The molecule has 0 saturated heterocycles. The SMILES string of the molecule is COc1ccc(NC(=O)CNC(=O)c2ccccc2)cc1OCc1cn2ccccc2n1. The molecule has 2 aromatic heterocycles. The number of hydrogen-bond donors (Lipinski definition) is 2. The Bertz CT molecular complexity index is 1200. The zero-order valence-electron chi connectivity index (χ0n) is 17.4. The maximum atomic E-state index is 12.3. The molecule has 0 atom stereocenters. The van der Waals surface area contributed by atoms with E-state index in [1.807, 2.05) is 41.1 Å². The van der Waals surface area contributed by atoms with Gasteiger partial charge in [0.25, 0.3) is 5.91 Å². The highest BCUT2D eigenvalue weighted by atomic mass is 16.5. The maximum absolute atomic E-state index is 12.3. The van der Waals surface area contributed by atoms with Gasteiger partial charge in [0.1, 0.15) is 12.3 Å². The number of nitrogens with zero attached hydrogens (tertiary/aromatic N) is 2. The second-order valence-corrected chi connectivity index (χ2v) is 6.95. The maximum Gasteiger partial charge on any atom is 0.251 e. The molecule has 32 heavy (non-hydrogen) atoms. The lowest BCUT2D eigenvalue weighted by molar-refractivity contribution is -0.115. The number of imidazole rings is 1. The quantitative estimate of drug-likeness (QED) is 0.447. The fraction of sp³-hybridized carbons (Fsp3) is 0.125. The Hall–Kier alpha value is -4.33. The predicted octanol–water partition coefficient (Wildman–Crippen LogP) is 3.29. The molecule has 162 valence electrons. The molecule has 0 aliphatic heterocycles. The predicted molar refractivity (Wildman–Crippen MR) is 120 cm³/mol. The number of benzene rings is 2. The fourth-order valence-electron chi connectivity index (χ4n) is 3.13. The number of pyridine rings is 1. The second kappa shape index (κ2) is 9.65. The first-order valence-electron chi connectivity index (χ1n) is 9.99. The van der Waals surface area contributed by atoms with Crippen LogP contribution >= 0.6 is 0 Å². The summed E-state index contributed by atoms with van der Waals surface area (Å²) in [6.45, 7) is 0.0831. The summed E-state index contributed by atoms with van der Waals surface area (Å²) in [5.41, 5.74) is 2.61. The van der Waals surface area contributed by atoms with Crippen LogP contribution in [0, 0.1) is 0 Å². The van der Waals surface area contributed by atoms with Gasteiger partial charge in [-0.05, 0) is 36.4 Å². The van der Waals surface area contributed by atoms with Crippen molar-refractivity contribution >= 4 is 23.1 Å². The number of carbonyl (C=O) groups excluding carboxylic acids is 2. The van der Waals surface area contributed by atoms with Crippen LogP contribution in [0.15, 0.2) is 79.1 Å². The van der Waals surface area contributed by atoms with Crippen molar-refractivity contribution in [1.29, 1.82) is 0 Å². The van der Waals surface area contributed by atoms with Gasteiger partial charge in [-0.15, -0.1) is 0 Å². The number of fused-ring (bicyclic) bond motifs is 1. The number of nitrogens with one attached hydrogen (secondary N) is 2. The standard InChI is InChI=1S/C24H22N4O4/c1-31-20-11-10-18(27-23(29)14-25-24(30)17-7-3-2-4-8-17)13-21(20)32-16-19-15-28-12-6-5-9-22(28)26-19/h2-13,15H,14,16H2,1H3,(H,25,30)(H,27,29). The third-order valence-electron chi connectivity index (χ3n) is 4.68. The summed E-state index contributed by atoms with van der Waals surface area (Å²) in [4.78, 5) is 28.9. The first-order chi connectivity index (χ1) is 15.6. The van der Waals surface area contributed by atoms with E-state index >= 15 is 0 Å². The van der Waals surface area contributed by atoms with E-state index in [4.69, 9.17) is 9.47 Å². The Morgan fingerprint density at radius 2 is 1.81 bits per heavy atom. The first kappa shape index (κ1) is 20.9. The molecule has 0 spiro atoms. The summed E-state index contributed by atoms with van der Waals surface area (Å²) >= 11 is 0. The molecule has 0 fully saturated rings. The van der Waals surface area contributed by atoms with Gasteiger partial charge in [0, 0.05) is 29.7 Å². The Morgan fingerprint density at radius 1 is 1.00 bits per heavy atom. The van der Waals surface area contributed by atoms with Crippen LogP contribution in [0.1, 0.15) is 16.1 Å². The summed E-state index contributed by atoms with van der Waals surface area (Å²) in [6.07, 6.45) is 3.81. The highest BCUT2D eigenvalue weighted by Gasteiger charge is 2.11. The zero-order valence-corrected chi connectivity index (χ0v) is 17.4. The average Bonchev–Trinajstić information content (AvgIpc) is 3.25. The van der Waals surface area contributed by atoms with Gasteiger partial charge in [-0.1, -0.05) is 24.3 Å². The van der Waals surface area contributed by atoms with Crippen LogP contribution in [0.5, 0.6) is 11.5 Å². The van der Waals surface area contributed by atoms with Crippen molar-refractivity contribution in [2.45, 2.75) is 6.61 Å². The Balaban J connectivity index is 1.37. The van der Waals surface area contributed by atoms with Crippen LogP contribution in [-0.2, 0) is 11.4 Å². The van der Waals surface area contributed by atoms with Crippen molar-refractivity contribution in [3.63, 3.8) is 0 Å².